The van der Waals surface area contributed by atoms with Crippen LogP contribution >= 0.6 is 0 Å². The van der Waals surface area contributed by atoms with Gasteiger partial charge in [-0.3, -0.25) is 4.79 Å². The fourth-order valence-corrected chi connectivity index (χ4v) is 2.47. The standard InChI is InChI=1S/C8H18N2O4S/c1-3-4-5-15(13,14)10-7(6(2)11)8(9)12/h6-7,10-11H,3-5H2,1-2H3,(H2,9,12)/t6-,7+/m1/s1. The van der Waals surface area contributed by atoms with Gasteiger partial charge in [-0.2, -0.15) is 0 Å². The number of aliphatic hydroxyl groups excluding tert-OH is 1. The first-order valence-electron chi connectivity index (χ1n) is 4.77. The zero-order valence-corrected chi connectivity index (χ0v) is 9.75. The number of carbonyl (C=O) groups is 1. The van der Waals surface area contributed by atoms with Crippen LogP contribution in [0.1, 0.15) is 26.7 Å². The van der Waals surface area contributed by atoms with E-state index in [0.717, 1.165) is 6.42 Å². The first kappa shape index (κ1) is 14.3. The average Bonchev–Trinajstić information content (AvgIpc) is 2.10. The molecule has 0 heterocycles. The van der Waals surface area contributed by atoms with Crippen molar-refractivity contribution in [2.45, 2.75) is 38.8 Å². The molecule has 2 atom stereocenters. The maximum absolute atomic E-state index is 11.4. The van der Waals surface area contributed by atoms with Gasteiger partial charge in [-0.15, -0.1) is 0 Å². The van der Waals surface area contributed by atoms with Gasteiger partial charge in [0, 0.05) is 0 Å². The molecule has 1 amide bonds. The summed E-state index contributed by atoms with van der Waals surface area (Å²) in [4.78, 5) is 10.8. The van der Waals surface area contributed by atoms with Crippen LogP contribution in [0, 0.1) is 0 Å². The predicted molar refractivity (Wildman–Crippen MR) is 56.5 cm³/mol. The molecule has 6 nitrogen and oxygen atoms in total. The molecule has 0 aromatic carbocycles. The third kappa shape index (κ3) is 5.71. The molecule has 90 valence electrons. The van der Waals surface area contributed by atoms with Gasteiger partial charge in [0.1, 0.15) is 6.04 Å². The molecule has 0 aliphatic carbocycles. The Labute approximate surface area is 89.9 Å². The van der Waals surface area contributed by atoms with E-state index in [9.17, 15) is 13.2 Å². The highest BCUT2D eigenvalue weighted by Crippen LogP contribution is 1.99. The van der Waals surface area contributed by atoms with Crippen LogP contribution in [0.25, 0.3) is 0 Å². The molecule has 15 heavy (non-hydrogen) atoms. The number of carbonyl (C=O) groups excluding carboxylic acids is 1. The van der Waals surface area contributed by atoms with E-state index in [1.54, 1.807) is 0 Å². The third-order valence-electron chi connectivity index (χ3n) is 1.86. The van der Waals surface area contributed by atoms with E-state index in [-0.39, 0.29) is 5.75 Å². The second kappa shape index (κ2) is 6.04. The molecule has 0 bridgehead atoms. The first-order chi connectivity index (χ1) is 6.80. The van der Waals surface area contributed by atoms with Crippen molar-refractivity contribution >= 4 is 15.9 Å². The Morgan fingerprint density at radius 2 is 2.07 bits per heavy atom. The quantitative estimate of drug-likeness (QED) is 0.525. The van der Waals surface area contributed by atoms with Gasteiger partial charge in [0.05, 0.1) is 11.9 Å². The zero-order chi connectivity index (χ0) is 12.1. The van der Waals surface area contributed by atoms with Crippen LogP contribution in [-0.4, -0.2) is 37.3 Å². The molecular formula is C8H18N2O4S. The number of rotatable bonds is 7. The van der Waals surface area contributed by atoms with E-state index in [1.807, 2.05) is 6.92 Å². The molecule has 4 N–H and O–H groups in total. The molecule has 7 heteroatoms. The molecule has 0 radical (unpaired) electrons. The van der Waals surface area contributed by atoms with E-state index in [4.69, 9.17) is 10.8 Å². The van der Waals surface area contributed by atoms with Crippen molar-refractivity contribution in [1.29, 1.82) is 0 Å². The Bertz CT molecular complexity index is 300. The predicted octanol–water partition coefficient (Wildman–Crippen LogP) is -1.06. The van der Waals surface area contributed by atoms with Crippen LogP contribution in [-0.2, 0) is 14.8 Å². The molecule has 0 saturated heterocycles. The Hall–Kier alpha value is -0.660. The summed E-state index contributed by atoms with van der Waals surface area (Å²) in [5, 5.41) is 9.14. The van der Waals surface area contributed by atoms with Crippen LogP contribution in [0.2, 0.25) is 0 Å². The number of nitrogens with two attached hydrogens (primary N) is 1. The van der Waals surface area contributed by atoms with E-state index >= 15 is 0 Å². The average molecular weight is 238 g/mol. The summed E-state index contributed by atoms with van der Waals surface area (Å²) < 4.78 is 24.8. The summed E-state index contributed by atoms with van der Waals surface area (Å²) in [6, 6.07) is -1.26. The van der Waals surface area contributed by atoms with Gasteiger partial charge in [0.2, 0.25) is 15.9 Å². The van der Waals surface area contributed by atoms with Crippen molar-refractivity contribution in [3.05, 3.63) is 0 Å². The zero-order valence-electron chi connectivity index (χ0n) is 8.93. The summed E-state index contributed by atoms with van der Waals surface area (Å²) in [6.45, 7) is 3.16. The molecule has 0 aliphatic rings. The molecule has 0 rings (SSSR count). The summed E-state index contributed by atoms with van der Waals surface area (Å²) >= 11 is 0. The van der Waals surface area contributed by atoms with E-state index < -0.39 is 28.1 Å². The van der Waals surface area contributed by atoms with Crippen LogP contribution in [0.15, 0.2) is 0 Å². The molecule has 0 spiro atoms. The smallest absolute Gasteiger partial charge is 0.238 e. The topological polar surface area (TPSA) is 109 Å². The van der Waals surface area contributed by atoms with Crippen LogP contribution in [0.5, 0.6) is 0 Å². The van der Waals surface area contributed by atoms with Crippen molar-refractivity contribution in [2.75, 3.05) is 5.75 Å². The van der Waals surface area contributed by atoms with E-state index in [2.05, 4.69) is 4.72 Å². The minimum Gasteiger partial charge on any atom is -0.391 e. The van der Waals surface area contributed by atoms with Crippen LogP contribution in [0.4, 0.5) is 0 Å². The number of amides is 1. The Kier molecular flexibility index (Phi) is 5.77. The van der Waals surface area contributed by atoms with Gasteiger partial charge < -0.3 is 10.8 Å². The third-order valence-corrected chi connectivity index (χ3v) is 3.30. The summed E-state index contributed by atoms with van der Waals surface area (Å²) in [5.74, 6) is -0.954. The Morgan fingerprint density at radius 3 is 2.40 bits per heavy atom. The number of hydrogen-bond donors (Lipinski definition) is 3. The van der Waals surface area contributed by atoms with Gasteiger partial charge in [-0.05, 0) is 13.3 Å². The monoisotopic (exact) mass is 238 g/mol. The van der Waals surface area contributed by atoms with Crippen molar-refractivity contribution in [3.63, 3.8) is 0 Å². The molecule has 0 unspecified atom stereocenters. The maximum Gasteiger partial charge on any atom is 0.238 e. The largest absolute Gasteiger partial charge is 0.391 e. The minimum atomic E-state index is -3.54. The highest BCUT2D eigenvalue weighted by atomic mass is 32.2. The number of unbranched alkanes of at least 4 members (excludes halogenated alkanes) is 1. The molecule has 0 aliphatic heterocycles. The summed E-state index contributed by atoms with van der Waals surface area (Å²) in [6.07, 6.45) is 0.0937. The van der Waals surface area contributed by atoms with Gasteiger partial charge in [-0.25, -0.2) is 13.1 Å². The lowest BCUT2D eigenvalue weighted by Crippen LogP contribution is -2.51. The molecule has 0 aromatic heterocycles. The second-order valence-corrected chi connectivity index (χ2v) is 5.28. The highest BCUT2D eigenvalue weighted by molar-refractivity contribution is 7.89. The lowest BCUT2D eigenvalue weighted by molar-refractivity contribution is -0.121. The Morgan fingerprint density at radius 1 is 1.53 bits per heavy atom. The van der Waals surface area contributed by atoms with Gasteiger partial charge in [0.25, 0.3) is 0 Å². The van der Waals surface area contributed by atoms with Gasteiger partial charge >= 0.3 is 0 Å². The number of primary amides is 1. The number of hydrogen-bond acceptors (Lipinski definition) is 4. The van der Waals surface area contributed by atoms with Gasteiger partial charge in [-0.1, -0.05) is 13.3 Å². The number of aliphatic hydroxyl groups is 1. The second-order valence-electron chi connectivity index (χ2n) is 3.41. The van der Waals surface area contributed by atoms with E-state index in [0.29, 0.717) is 6.42 Å². The highest BCUT2D eigenvalue weighted by Gasteiger charge is 2.26. The SMILES string of the molecule is CCCCS(=O)(=O)N[C@H](C(N)=O)[C@@H](C)O. The van der Waals surface area contributed by atoms with Crippen LogP contribution in [0.3, 0.4) is 0 Å². The lowest BCUT2D eigenvalue weighted by atomic mass is 10.2. The number of nitrogens with one attached hydrogen (secondary N) is 1. The fraction of sp³-hybridized carbons (Fsp3) is 0.875. The van der Waals surface area contributed by atoms with Gasteiger partial charge in [0.15, 0.2) is 0 Å². The summed E-state index contributed by atoms with van der Waals surface area (Å²) in [5.41, 5.74) is 4.95. The fourth-order valence-electron chi connectivity index (χ4n) is 0.981. The number of sulfonamides is 1. The van der Waals surface area contributed by atoms with Crippen molar-refractivity contribution in [2.24, 2.45) is 5.73 Å². The Balaban J connectivity index is 4.46. The first-order valence-corrected chi connectivity index (χ1v) is 6.42. The van der Waals surface area contributed by atoms with Crippen molar-refractivity contribution in [3.8, 4) is 0 Å². The normalized spacial score (nSPS) is 15.9. The van der Waals surface area contributed by atoms with Crippen molar-refractivity contribution < 1.29 is 18.3 Å². The minimum absolute atomic E-state index is 0.0694. The molecule has 0 fully saturated rings. The van der Waals surface area contributed by atoms with Crippen molar-refractivity contribution in [1.82, 2.24) is 4.72 Å². The molecule has 0 saturated carbocycles. The van der Waals surface area contributed by atoms with E-state index in [1.165, 1.54) is 6.92 Å². The maximum atomic E-state index is 11.4. The molecular weight excluding hydrogens is 220 g/mol. The van der Waals surface area contributed by atoms with Crippen LogP contribution < -0.4 is 10.5 Å². The molecule has 0 aromatic rings. The summed E-state index contributed by atoms with van der Waals surface area (Å²) in [7, 11) is -3.54. The lowest BCUT2D eigenvalue weighted by Gasteiger charge is -2.17.